The number of methoxy groups -OCH3 is 2. The van der Waals surface area contributed by atoms with Crippen LogP contribution < -0.4 is 14.8 Å². The van der Waals surface area contributed by atoms with Gasteiger partial charge in [0.05, 0.1) is 24.9 Å². The highest BCUT2D eigenvalue weighted by atomic mass is 35.5. The zero-order valence-corrected chi connectivity index (χ0v) is 17.2. The summed E-state index contributed by atoms with van der Waals surface area (Å²) < 4.78 is 15.5. The van der Waals surface area contributed by atoms with Crippen LogP contribution in [0.15, 0.2) is 30.3 Å². The Balaban J connectivity index is 1.85. The number of hydrogen-bond donors (Lipinski definition) is 1. The summed E-state index contributed by atoms with van der Waals surface area (Å²) in [5, 5.41) is 3.13. The second-order valence-corrected chi connectivity index (χ2v) is 6.78. The van der Waals surface area contributed by atoms with Gasteiger partial charge in [0.25, 0.3) is 5.91 Å². The normalized spacial score (nSPS) is 10.3. The number of benzene rings is 2. The van der Waals surface area contributed by atoms with E-state index in [4.69, 9.17) is 25.8 Å². The van der Waals surface area contributed by atoms with E-state index < -0.39 is 11.9 Å². The molecule has 1 amide bonds. The third-order valence-electron chi connectivity index (χ3n) is 4.09. The monoisotopic (exact) mass is 405 g/mol. The number of aryl methyl sites for hydroxylation is 3. The highest BCUT2D eigenvalue weighted by molar-refractivity contribution is 6.34. The molecule has 1 N–H and O–H groups in total. The Hall–Kier alpha value is -2.73. The van der Waals surface area contributed by atoms with Gasteiger partial charge in [-0.25, -0.2) is 0 Å². The molecule has 0 aliphatic carbocycles. The maximum absolute atomic E-state index is 12.1. The first kappa shape index (κ1) is 21.6. The molecule has 0 unspecified atom stereocenters. The van der Waals surface area contributed by atoms with Crippen LogP contribution in [0, 0.1) is 13.8 Å². The molecule has 0 fully saturated rings. The van der Waals surface area contributed by atoms with Crippen LogP contribution in [0.3, 0.4) is 0 Å². The van der Waals surface area contributed by atoms with Gasteiger partial charge in [0.2, 0.25) is 0 Å². The number of esters is 1. The number of carbonyl (C=O) groups is 2. The van der Waals surface area contributed by atoms with E-state index >= 15 is 0 Å². The Morgan fingerprint density at radius 1 is 1.00 bits per heavy atom. The van der Waals surface area contributed by atoms with Crippen molar-refractivity contribution in [2.45, 2.75) is 26.7 Å². The van der Waals surface area contributed by atoms with Crippen molar-refractivity contribution in [2.75, 3.05) is 26.1 Å². The summed E-state index contributed by atoms with van der Waals surface area (Å²) in [5.41, 5.74) is 3.24. The van der Waals surface area contributed by atoms with Crippen LogP contribution in [0.2, 0.25) is 5.02 Å². The van der Waals surface area contributed by atoms with E-state index in [1.54, 1.807) is 26.4 Å². The minimum Gasteiger partial charge on any atom is -0.497 e. The molecule has 150 valence electrons. The second kappa shape index (κ2) is 9.99. The van der Waals surface area contributed by atoms with Gasteiger partial charge >= 0.3 is 5.97 Å². The molecule has 2 aromatic carbocycles. The predicted octanol–water partition coefficient (Wildman–Crippen LogP) is 4.09. The SMILES string of the molecule is COc1cc(CCC(=O)OCC(=O)Nc2c(C)cc(C)cc2Cl)cc(OC)c1. The molecule has 2 aromatic rings. The van der Waals surface area contributed by atoms with Gasteiger partial charge in [0.15, 0.2) is 6.61 Å². The van der Waals surface area contributed by atoms with E-state index in [0.717, 1.165) is 16.7 Å². The quantitative estimate of drug-likeness (QED) is 0.669. The van der Waals surface area contributed by atoms with Crippen molar-refractivity contribution in [1.29, 1.82) is 0 Å². The van der Waals surface area contributed by atoms with Crippen molar-refractivity contribution < 1.29 is 23.8 Å². The topological polar surface area (TPSA) is 73.9 Å². The summed E-state index contributed by atoms with van der Waals surface area (Å²) in [7, 11) is 3.13. The molecule has 0 saturated heterocycles. The first-order valence-corrected chi connectivity index (χ1v) is 9.14. The third-order valence-corrected chi connectivity index (χ3v) is 4.39. The Labute approximate surface area is 169 Å². The molecule has 0 aliphatic rings. The van der Waals surface area contributed by atoms with Crippen LogP contribution in [0.1, 0.15) is 23.1 Å². The van der Waals surface area contributed by atoms with Crippen LogP contribution >= 0.6 is 11.6 Å². The van der Waals surface area contributed by atoms with Gasteiger partial charge in [-0.2, -0.15) is 0 Å². The molecule has 0 aliphatic heterocycles. The first-order valence-electron chi connectivity index (χ1n) is 8.76. The summed E-state index contributed by atoms with van der Waals surface area (Å²) in [6.07, 6.45) is 0.574. The predicted molar refractivity (Wildman–Crippen MR) is 108 cm³/mol. The smallest absolute Gasteiger partial charge is 0.306 e. The Morgan fingerprint density at radius 2 is 1.64 bits per heavy atom. The van der Waals surface area contributed by atoms with Crippen LogP contribution in [-0.2, 0) is 20.7 Å². The van der Waals surface area contributed by atoms with E-state index in [1.807, 2.05) is 32.0 Å². The van der Waals surface area contributed by atoms with Gasteiger partial charge in [-0.05, 0) is 55.2 Å². The van der Waals surface area contributed by atoms with Crippen molar-refractivity contribution in [3.05, 3.63) is 52.0 Å². The lowest BCUT2D eigenvalue weighted by molar-refractivity contribution is -0.147. The highest BCUT2D eigenvalue weighted by Gasteiger charge is 2.12. The van der Waals surface area contributed by atoms with E-state index in [1.165, 1.54) is 0 Å². The molecule has 0 radical (unpaired) electrons. The minimum absolute atomic E-state index is 0.133. The lowest BCUT2D eigenvalue weighted by atomic mass is 10.1. The minimum atomic E-state index is -0.469. The van der Waals surface area contributed by atoms with Crippen LogP contribution in [0.25, 0.3) is 0 Å². The van der Waals surface area contributed by atoms with Crippen molar-refractivity contribution in [3.8, 4) is 11.5 Å². The molecule has 0 aromatic heterocycles. The van der Waals surface area contributed by atoms with Crippen molar-refractivity contribution in [1.82, 2.24) is 0 Å². The molecule has 0 heterocycles. The van der Waals surface area contributed by atoms with Gasteiger partial charge in [-0.1, -0.05) is 17.7 Å². The van der Waals surface area contributed by atoms with Gasteiger partial charge in [0, 0.05) is 12.5 Å². The Kier molecular flexibility index (Phi) is 7.70. The lowest BCUT2D eigenvalue weighted by Crippen LogP contribution is -2.21. The summed E-state index contributed by atoms with van der Waals surface area (Å²) in [5.74, 6) is 0.383. The van der Waals surface area contributed by atoms with Crippen LogP contribution in [0.5, 0.6) is 11.5 Å². The fourth-order valence-corrected chi connectivity index (χ4v) is 3.09. The number of anilines is 1. The third kappa shape index (κ3) is 6.16. The molecule has 0 bridgehead atoms. The highest BCUT2D eigenvalue weighted by Crippen LogP contribution is 2.27. The molecule has 7 heteroatoms. The Morgan fingerprint density at radius 3 is 2.21 bits per heavy atom. The number of carbonyl (C=O) groups excluding carboxylic acids is 2. The van der Waals surface area contributed by atoms with E-state index in [9.17, 15) is 9.59 Å². The van der Waals surface area contributed by atoms with E-state index in [-0.39, 0.29) is 13.0 Å². The summed E-state index contributed by atoms with van der Waals surface area (Å²) in [6.45, 7) is 3.40. The molecule has 6 nitrogen and oxygen atoms in total. The number of nitrogens with one attached hydrogen (secondary N) is 1. The maximum atomic E-state index is 12.1. The average molecular weight is 406 g/mol. The molecule has 2 rings (SSSR count). The fraction of sp³-hybridized carbons (Fsp3) is 0.333. The molecular weight excluding hydrogens is 382 g/mol. The summed E-state index contributed by atoms with van der Waals surface area (Å²) >= 11 is 6.17. The lowest BCUT2D eigenvalue weighted by Gasteiger charge is -2.12. The number of rotatable bonds is 8. The van der Waals surface area contributed by atoms with E-state index in [2.05, 4.69) is 5.32 Å². The van der Waals surface area contributed by atoms with Gasteiger partial charge in [0.1, 0.15) is 11.5 Å². The Bertz CT molecular complexity index is 821. The largest absolute Gasteiger partial charge is 0.497 e. The van der Waals surface area contributed by atoms with Crippen molar-refractivity contribution in [2.24, 2.45) is 0 Å². The molecule has 28 heavy (non-hydrogen) atoms. The molecular formula is C21H24ClNO5. The second-order valence-electron chi connectivity index (χ2n) is 6.37. The van der Waals surface area contributed by atoms with Crippen LogP contribution in [0.4, 0.5) is 5.69 Å². The molecule has 0 atom stereocenters. The van der Waals surface area contributed by atoms with Gasteiger partial charge < -0.3 is 19.5 Å². The summed E-state index contributed by atoms with van der Waals surface area (Å²) in [4.78, 5) is 24.0. The van der Waals surface area contributed by atoms with E-state index in [0.29, 0.717) is 28.6 Å². The zero-order valence-electron chi connectivity index (χ0n) is 16.4. The number of ether oxygens (including phenoxy) is 3. The fourth-order valence-electron chi connectivity index (χ4n) is 2.72. The maximum Gasteiger partial charge on any atom is 0.306 e. The molecule has 0 spiro atoms. The van der Waals surface area contributed by atoms with Gasteiger partial charge in [-0.3, -0.25) is 9.59 Å². The van der Waals surface area contributed by atoms with Gasteiger partial charge in [-0.15, -0.1) is 0 Å². The molecule has 0 saturated carbocycles. The number of amides is 1. The van der Waals surface area contributed by atoms with Crippen molar-refractivity contribution in [3.63, 3.8) is 0 Å². The van der Waals surface area contributed by atoms with Crippen LogP contribution in [-0.4, -0.2) is 32.7 Å². The first-order chi connectivity index (χ1) is 13.3. The zero-order chi connectivity index (χ0) is 20.7. The number of hydrogen-bond acceptors (Lipinski definition) is 5. The average Bonchev–Trinajstić information content (AvgIpc) is 2.67. The van der Waals surface area contributed by atoms with Crippen molar-refractivity contribution >= 4 is 29.2 Å². The number of halogens is 1. The summed E-state index contributed by atoms with van der Waals surface area (Å²) in [6, 6.07) is 9.08. The standard InChI is InChI=1S/C21H24ClNO5/c1-13-7-14(2)21(18(22)8-13)23-19(24)12-28-20(25)6-5-15-9-16(26-3)11-17(10-15)27-4/h7-11H,5-6,12H2,1-4H3,(H,23,24).